The van der Waals surface area contributed by atoms with E-state index >= 15 is 0 Å². The Morgan fingerprint density at radius 1 is 0.889 bits per heavy atom. The molecule has 0 bridgehead atoms. The van der Waals surface area contributed by atoms with Crippen molar-refractivity contribution < 1.29 is 9.05 Å². The van der Waals surface area contributed by atoms with Crippen LogP contribution in [-0.2, 0) is 9.05 Å². The third-order valence-electron chi connectivity index (χ3n) is 2.95. The molecule has 0 radical (unpaired) electrons. The molecule has 0 amide bonds. The largest absolute Gasteiger partial charge is 0.331 e. The van der Waals surface area contributed by atoms with Crippen LogP contribution in [0.4, 0.5) is 0 Å². The van der Waals surface area contributed by atoms with E-state index in [1.807, 2.05) is 0 Å². The average Bonchev–Trinajstić information content (AvgIpc) is 2.35. The van der Waals surface area contributed by atoms with E-state index < -0.39 is 8.38 Å². The lowest BCUT2D eigenvalue weighted by atomic mass is 10.1. The summed E-state index contributed by atoms with van der Waals surface area (Å²) in [6.07, 6.45) is 2.05. The van der Waals surface area contributed by atoms with Gasteiger partial charge in [0.1, 0.15) is 0 Å². The van der Waals surface area contributed by atoms with Crippen molar-refractivity contribution in [3.8, 4) is 0 Å². The number of rotatable bonds is 7. The van der Waals surface area contributed by atoms with Crippen LogP contribution < -0.4 is 5.30 Å². The van der Waals surface area contributed by atoms with Crippen molar-refractivity contribution >= 4 is 13.7 Å². The van der Waals surface area contributed by atoms with Crippen LogP contribution in [0.25, 0.3) is 0 Å². The highest BCUT2D eigenvalue weighted by Crippen LogP contribution is 2.38. The van der Waals surface area contributed by atoms with Crippen LogP contribution in [0.15, 0.2) is 12.1 Å². The molecule has 0 N–H and O–H groups in total. The first-order valence-electron chi connectivity index (χ1n) is 6.74. The van der Waals surface area contributed by atoms with Crippen molar-refractivity contribution in [1.82, 2.24) is 0 Å². The Bertz CT molecular complexity index is 346. The summed E-state index contributed by atoms with van der Waals surface area (Å²) in [7, 11) is -0.912. The highest BCUT2D eigenvalue weighted by molar-refractivity contribution is 7.56. The fourth-order valence-corrected chi connectivity index (χ4v) is 3.32. The van der Waals surface area contributed by atoms with Gasteiger partial charge in [-0.15, -0.1) is 0 Å². The van der Waals surface area contributed by atoms with Crippen LogP contribution in [0.5, 0.6) is 0 Å². The summed E-state index contributed by atoms with van der Waals surface area (Å²) in [4.78, 5) is 0. The molecule has 0 spiro atoms. The van der Waals surface area contributed by atoms with Gasteiger partial charge in [0.2, 0.25) is 8.38 Å². The van der Waals surface area contributed by atoms with E-state index in [0.29, 0.717) is 0 Å². The predicted molar refractivity (Wildman–Crippen MR) is 79.7 cm³/mol. The summed E-state index contributed by atoms with van der Waals surface area (Å²) in [5, 5.41) is 1.20. The third kappa shape index (κ3) is 4.35. The van der Waals surface area contributed by atoms with Crippen molar-refractivity contribution in [3.05, 3.63) is 28.8 Å². The Hall–Kier alpha value is -0.430. The van der Waals surface area contributed by atoms with Crippen LogP contribution in [0.2, 0.25) is 0 Å². The fourth-order valence-electron chi connectivity index (χ4n) is 1.65. The zero-order valence-electron chi connectivity index (χ0n) is 12.2. The highest BCUT2D eigenvalue weighted by atomic mass is 31.2. The molecule has 1 aromatic rings. The number of aryl methyl sites for hydroxylation is 2. The lowest BCUT2D eigenvalue weighted by Crippen LogP contribution is -2.09. The van der Waals surface area contributed by atoms with E-state index in [4.69, 9.17) is 9.05 Å². The van der Waals surface area contributed by atoms with Gasteiger partial charge in [0.05, 0.1) is 13.2 Å². The molecule has 1 aromatic carbocycles. The fraction of sp³-hybridized carbons (Fsp3) is 0.600. The van der Waals surface area contributed by atoms with Crippen LogP contribution in [-0.4, -0.2) is 13.2 Å². The monoisotopic (exact) mass is 268 g/mol. The van der Waals surface area contributed by atoms with Gasteiger partial charge in [-0.3, -0.25) is 0 Å². The molecule has 0 unspecified atom stereocenters. The molecule has 0 saturated heterocycles. The molecular formula is C15H25O2P. The summed E-state index contributed by atoms with van der Waals surface area (Å²) in [5.41, 5.74) is 4.00. The summed E-state index contributed by atoms with van der Waals surface area (Å²) in [6, 6.07) is 4.42. The average molecular weight is 268 g/mol. The molecule has 0 saturated carbocycles. The van der Waals surface area contributed by atoms with Gasteiger partial charge in [-0.2, -0.15) is 0 Å². The second kappa shape index (κ2) is 7.89. The molecule has 0 heterocycles. The van der Waals surface area contributed by atoms with Crippen molar-refractivity contribution in [1.29, 1.82) is 0 Å². The maximum absolute atomic E-state index is 5.87. The van der Waals surface area contributed by atoms with E-state index in [1.54, 1.807) is 0 Å². The first-order valence-corrected chi connectivity index (χ1v) is 7.91. The van der Waals surface area contributed by atoms with Gasteiger partial charge in [0.25, 0.3) is 0 Å². The molecule has 2 nitrogen and oxygen atoms in total. The minimum absolute atomic E-state index is 0.765. The van der Waals surface area contributed by atoms with E-state index in [0.717, 1.165) is 26.1 Å². The quantitative estimate of drug-likeness (QED) is 0.682. The molecule has 102 valence electrons. The van der Waals surface area contributed by atoms with E-state index in [2.05, 4.69) is 46.8 Å². The van der Waals surface area contributed by atoms with Crippen LogP contribution in [0.1, 0.15) is 43.4 Å². The normalized spacial score (nSPS) is 11.2. The molecule has 0 aliphatic heterocycles. The second-order valence-electron chi connectivity index (χ2n) is 4.63. The smallest absolute Gasteiger partial charge is 0.205 e. The molecule has 0 aromatic heterocycles. The minimum atomic E-state index is -0.912. The SMILES string of the molecule is CCCOP(OCCC)c1cc(C)c(C)c(C)c1. The molecule has 3 heteroatoms. The Kier molecular flexibility index (Phi) is 6.85. The van der Waals surface area contributed by atoms with Gasteiger partial charge in [-0.25, -0.2) is 0 Å². The van der Waals surface area contributed by atoms with E-state index in [1.165, 1.54) is 22.0 Å². The second-order valence-corrected chi connectivity index (χ2v) is 6.18. The lowest BCUT2D eigenvalue weighted by Gasteiger charge is -2.19. The van der Waals surface area contributed by atoms with Gasteiger partial charge in [0, 0.05) is 5.30 Å². The summed E-state index contributed by atoms with van der Waals surface area (Å²) in [5.74, 6) is 0. The maximum Gasteiger partial charge on any atom is 0.205 e. The zero-order chi connectivity index (χ0) is 13.5. The maximum atomic E-state index is 5.87. The van der Waals surface area contributed by atoms with Crippen molar-refractivity contribution in [2.24, 2.45) is 0 Å². The van der Waals surface area contributed by atoms with E-state index in [-0.39, 0.29) is 0 Å². The van der Waals surface area contributed by atoms with E-state index in [9.17, 15) is 0 Å². The third-order valence-corrected chi connectivity index (χ3v) is 4.46. The molecule has 0 atom stereocenters. The lowest BCUT2D eigenvalue weighted by molar-refractivity contribution is 0.257. The molecule has 1 rings (SSSR count). The van der Waals surface area contributed by atoms with Gasteiger partial charge in [0.15, 0.2) is 0 Å². The van der Waals surface area contributed by atoms with Crippen molar-refractivity contribution in [2.75, 3.05) is 13.2 Å². The number of benzene rings is 1. The van der Waals surface area contributed by atoms with Crippen LogP contribution in [0, 0.1) is 20.8 Å². The minimum Gasteiger partial charge on any atom is -0.331 e. The summed E-state index contributed by atoms with van der Waals surface area (Å²) >= 11 is 0. The Labute approximate surface area is 113 Å². The molecular weight excluding hydrogens is 243 g/mol. The first kappa shape index (κ1) is 15.6. The molecule has 0 fully saturated rings. The van der Waals surface area contributed by atoms with Gasteiger partial charge in [-0.05, 0) is 62.4 Å². The Balaban J connectivity index is 2.89. The topological polar surface area (TPSA) is 18.5 Å². The molecule has 0 aliphatic rings. The predicted octanol–water partition coefficient (Wildman–Crippen LogP) is 4.40. The summed E-state index contributed by atoms with van der Waals surface area (Å²) < 4.78 is 11.7. The number of hydrogen-bond donors (Lipinski definition) is 0. The van der Waals surface area contributed by atoms with Crippen LogP contribution in [0.3, 0.4) is 0 Å². The zero-order valence-corrected chi connectivity index (χ0v) is 13.1. The summed E-state index contributed by atoms with van der Waals surface area (Å²) in [6.45, 7) is 12.2. The molecule has 18 heavy (non-hydrogen) atoms. The highest BCUT2D eigenvalue weighted by Gasteiger charge is 2.15. The Morgan fingerprint density at radius 2 is 1.33 bits per heavy atom. The Morgan fingerprint density at radius 3 is 1.72 bits per heavy atom. The first-order chi connectivity index (χ1) is 8.60. The van der Waals surface area contributed by atoms with Crippen LogP contribution >= 0.6 is 8.38 Å². The number of hydrogen-bond acceptors (Lipinski definition) is 2. The standard InChI is InChI=1S/C15H25O2P/c1-6-8-16-18(17-9-7-2)15-10-12(3)14(5)13(4)11-15/h10-11H,6-9H2,1-5H3. The van der Waals surface area contributed by atoms with Gasteiger partial charge >= 0.3 is 0 Å². The van der Waals surface area contributed by atoms with Gasteiger partial charge < -0.3 is 9.05 Å². The molecule has 0 aliphatic carbocycles. The van der Waals surface area contributed by atoms with Crippen molar-refractivity contribution in [3.63, 3.8) is 0 Å². The van der Waals surface area contributed by atoms with Crippen molar-refractivity contribution in [2.45, 2.75) is 47.5 Å². The van der Waals surface area contributed by atoms with Gasteiger partial charge in [-0.1, -0.05) is 13.8 Å².